The van der Waals surface area contributed by atoms with Gasteiger partial charge in [-0.2, -0.15) is 0 Å². The molecule has 0 radical (unpaired) electrons. The molecule has 3 nitrogen and oxygen atoms in total. The number of likely N-dealkylation sites (N-methyl/N-ethyl adjacent to an activating group) is 2. The lowest BCUT2D eigenvalue weighted by molar-refractivity contribution is 0.244. The zero-order valence-electron chi connectivity index (χ0n) is 11.5. The maximum Gasteiger partial charge on any atom is 0.0188 e. The molecule has 1 unspecified atom stereocenters. The first-order valence-electron chi connectivity index (χ1n) is 5.93. The third-order valence-corrected chi connectivity index (χ3v) is 2.84. The van der Waals surface area contributed by atoms with Crippen molar-refractivity contribution in [1.82, 2.24) is 14.7 Å². The Morgan fingerprint density at radius 1 is 1.07 bits per heavy atom. The Bertz CT molecular complexity index is 140. The van der Waals surface area contributed by atoms with E-state index in [1.807, 2.05) is 0 Å². The molecule has 1 heterocycles. The molecule has 0 aromatic heterocycles. The number of hydrogen-bond donors (Lipinski definition) is 0. The fraction of sp³-hybridized carbons (Fsp3) is 1.00. The zero-order chi connectivity index (χ0) is 11.8. The van der Waals surface area contributed by atoms with Gasteiger partial charge in [0.1, 0.15) is 0 Å². The van der Waals surface area contributed by atoms with Gasteiger partial charge in [-0.15, -0.1) is 0 Å². The van der Waals surface area contributed by atoms with Gasteiger partial charge in [-0.25, -0.2) is 0 Å². The lowest BCUT2D eigenvalue weighted by Crippen LogP contribution is -2.34. The Morgan fingerprint density at radius 2 is 1.53 bits per heavy atom. The average molecular weight is 215 g/mol. The Labute approximate surface area is 96.0 Å². The van der Waals surface area contributed by atoms with Gasteiger partial charge in [-0.05, 0) is 68.1 Å². The van der Waals surface area contributed by atoms with Gasteiger partial charge in [0, 0.05) is 12.6 Å². The highest BCUT2D eigenvalue weighted by Crippen LogP contribution is 2.02. The molecule has 0 spiro atoms. The van der Waals surface area contributed by atoms with E-state index in [1.165, 1.54) is 25.9 Å². The summed E-state index contributed by atoms with van der Waals surface area (Å²) in [5.74, 6) is 0. The summed E-state index contributed by atoms with van der Waals surface area (Å²) in [4.78, 5) is 6.78. The predicted octanol–water partition coefficient (Wildman–Crippen LogP) is 1.21. The quantitative estimate of drug-likeness (QED) is 0.701. The maximum atomic E-state index is 2.36. The number of likely N-dealkylation sites (tertiary alicyclic amines) is 1. The fourth-order valence-electron chi connectivity index (χ4n) is 1.57. The van der Waals surface area contributed by atoms with Crippen LogP contribution < -0.4 is 0 Å². The highest BCUT2D eigenvalue weighted by Gasteiger charge is 2.04. The predicted molar refractivity (Wildman–Crippen MR) is 68.4 cm³/mol. The van der Waals surface area contributed by atoms with E-state index < -0.39 is 0 Å². The molecule has 1 atom stereocenters. The molecular formula is C12H29N3. The SMILES string of the molecule is CC(CN(C)C)N(C)C.CN1CCCC1. The second kappa shape index (κ2) is 8.08. The van der Waals surface area contributed by atoms with E-state index >= 15 is 0 Å². The van der Waals surface area contributed by atoms with E-state index in [4.69, 9.17) is 0 Å². The first kappa shape index (κ1) is 14.9. The molecule has 0 aliphatic carbocycles. The van der Waals surface area contributed by atoms with Crippen molar-refractivity contribution in [2.45, 2.75) is 25.8 Å². The van der Waals surface area contributed by atoms with Crippen molar-refractivity contribution in [1.29, 1.82) is 0 Å². The van der Waals surface area contributed by atoms with Crippen molar-refractivity contribution in [3.8, 4) is 0 Å². The zero-order valence-corrected chi connectivity index (χ0v) is 11.5. The summed E-state index contributed by atoms with van der Waals surface area (Å²) in [5.41, 5.74) is 0. The van der Waals surface area contributed by atoms with Crippen molar-refractivity contribution < 1.29 is 0 Å². The third kappa shape index (κ3) is 8.85. The first-order valence-corrected chi connectivity index (χ1v) is 5.93. The highest BCUT2D eigenvalue weighted by atomic mass is 15.2. The van der Waals surface area contributed by atoms with E-state index in [2.05, 4.69) is 56.9 Å². The second-order valence-corrected chi connectivity index (χ2v) is 5.09. The van der Waals surface area contributed by atoms with E-state index in [0.29, 0.717) is 6.04 Å². The second-order valence-electron chi connectivity index (χ2n) is 5.09. The third-order valence-electron chi connectivity index (χ3n) is 2.84. The number of nitrogens with zero attached hydrogens (tertiary/aromatic N) is 3. The molecule has 0 bridgehead atoms. The van der Waals surface area contributed by atoms with Crippen LogP contribution in [0.3, 0.4) is 0 Å². The minimum absolute atomic E-state index is 0.653. The molecule has 0 N–H and O–H groups in total. The summed E-state index contributed by atoms with van der Waals surface area (Å²) in [6.07, 6.45) is 2.83. The maximum absolute atomic E-state index is 2.36. The van der Waals surface area contributed by atoms with Crippen LogP contribution in [0.1, 0.15) is 19.8 Å². The molecular weight excluding hydrogens is 186 g/mol. The summed E-state index contributed by atoms with van der Waals surface area (Å²) >= 11 is 0. The minimum Gasteiger partial charge on any atom is -0.308 e. The largest absolute Gasteiger partial charge is 0.308 e. The van der Waals surface area contributed by atoms with Crippen molar-refractivity contribution in [3.63, 3.8) is 0 Å². The lowest BCUT2D eigenvalue weighted by Gasteiger charge is -2.22. The van der Waals surface area contributed by atoms with Gasteiger partial charge in [0.25, 0.3) is 0 Å². The molecule has 1 rings (SSSR count). The molecule has 0 aromatic rings. The molecule has 15 heavy (non-hydrogen) atoms. The van der Waals surface area contributed by atoms with Gasteiger partial charge < -0.3 is 14.7 Å². The average Bonchev–Trinajstić information content (AvgIpc) is 2.55. The molecule has 0 saturated carbocycles. The van der Waals surface area contributed by atoms with Crippen LogP contribution in [0.2, 0.25) is 0 Å². The van der Waals surface area contributed by atoms with Crippen LogP contribution >= 0.6 is 0 Å². The Balaban J connectivity index is 0.000000280. The summed E-state index contributed by atoms with van der Waals surface area (Å²) < 4.78 is 0. The monoisotopic (exact) mass is 215 g/mol. The van der Waals surface area contributed by atoms with Crippen molar-refractivity contribution >= 4 is 0 Å². The van der Waals surface area contributed by atoms with Crippen LogP contribution in [0.25, 0.3) is 0 Å². The van der Waals surface area contributed by atoms with Crippen LogP contribution in [0.4, 0.5) is 0 Å². The van der Waals surface area contributed by atoms with E-state index in [0.717, 1.165) is 6.54 Å². The van der Waals surface area contributed by atoms with E-state index in [1.54, 1.807) is 0 Å². The van der Waals surface area contributed by atoms with Crippen molar-refractivity contribution in [3.05, 3.63) is 0 Å². The lowest BCUT2D eigenvalue weighted by atomic mass is 10.3. The molecule has 1 aliphatic rings. The first-order chi connectivity index (χ1) is 6.93. The molecule has 0 aromatic carbocycles. The standard InChI is InChI=1S/C7H18N2.C5H11N/c1-7(9(4)5)6-8(2)3;1-6-4-2-3-5-6/h7H,6H2,1-5H3;2-5H2,1H3. The summed E-state index contributed by atoms with van der Waals surface area (Å²) in [6.45, 7) is 5.99. The van der Waals surface area contributed by atoms with Crippen LogP contribution in [-0.4, -0.2) is 75.6 Å². The van der Waals surface area contributed by atoms with Crippen molar-refractivity contribution in [2.75, 3.05) is 54.9 Å². The highest BCUT2D eigenvalue weighted by molar-refractivity contribution is 4.61. The molecule has 3 heteroatoms. The molecule has 92 valence electrons. The fourth-order valence-corrected chi connectivity index (χ4v) is 1.57. The van der Waals surface area contributed by atoms with Crippen LogP contribution in [0.15, 0.2) is 0 Å². The van der Waals surface area contributed by atoms with Gasteiger partial charge >= 0.3 is 0 Å². The molecule has 1 aliphatic heterocycles. The summed E-state index contributed by atoms with van der Waals surface area (Å²) in [5, 5.41) is 0. The van der Waals surface area contributed by atoms with Gasteiger partial charge in [0.15, 0.2) is 0 Å². The Morgan fingerprint density at radius 3 is 1.67 bits per heavy atom. The van der Waals surface area contributed by atoms with Crippen LogP contribution in [0, 0.1) is 0 Å². The van der Waals surface area contributed by atoms with E-state index in [9.17, 15) is 0 Å². The summed E-state index contributed by atoms with van der Waals surface area (Å²) in [6, 6.07) is 0.653. The molecule has 1 saturated heterocycles. The normalized spacial score (nSPS) is 19.2. The van der Waals surface area contributed by atoms with Gasteiger partial charge in [0.05, 0.1) is 0 Å². The molecule has 1 fully saturated rings. The smallest absolute Gasteiger partial charge is 0.0188 e. The number of rotatable bonds is 3. The van der Waals surface area contributed by atoms with Gasteiger partial charge in [-0.1, -0.05) is 0 Å². The molecule has 0 amide bonds. The summed E-state index contributed by atoms with van der Waals surface area (Å²) in [7, 11) is 10.6. The Kier molecular flexibility index (Phi) is 8.02. The minimum atomic E-state index is 0.653. The topological polar surface area (TPSA) is 9.72 Å². The van der Waals surface area contributed by atoms with E-state index in [-0.39, 0.29) is 0 Å². The number of hydrogen-bond acceptors (Lipinski definition) is 3. The van der Waals surface area contributed by atoms with Gasteiger partial charge in [-0.3, -0.25) is 0 Å². The van der Waals surface area contributed by atoms with Gasteiger partial charge in [0.2, 0.25) is 0 Å². The van der Waals surface area contributed by atoms with Crippen LogP contribution in [-0.2, 0) is 0 Å². The van der Waals surface area contributed by atoms with Crippen molar-refractivity contribution in [2.24, 2.45) is 0 Å². The Hall–Kier alpha value is -0.120. The van der Waals surface area contributed by atoms with Crippen LogP contribution in [0.5, 0.6) is 0 Å².